The molecule has 1 heterocycles. The van der Waals surface area contributed by atoms with Gasteiger partial charge in [0, 0.05) is 22.7 Å². The Bertz CT molecular complexity index is 866. The third kappa shape index (κ3) is 5.52. The zero-order valence-corrected chi connectivity index (χ0v) is 18.1. The minimum atomic E-state index is -0.662. The molecule has 30 heavy (non-hydrogen) atoms. The van der Waals surface area contributed by atoms with Crippen molar-refractivity contribution in [1.82, 2.24) is 15.5 Å². The summed E-state index contributed by atoms with van der Waals surface area (Å²) in [4.78, 5) is 27.4. The number of halogens is 1. The lowest BCUT2D eigenvalue weighted by Gasteiger charge is -2.29. The summed E-state index contributed by atoms with van der Waals surface area (Å²) in [5, 5.41) is 6.30. The van der Waals surface area contributed by atoms with E-state index in [1.165, 1.54) is 0 Å². The van der Waals surface area contributed by atoms with Crippen molar-refractivity contribution in [2.24, 2.45) is 0 Å². The van der Waals surface area contributed by atoms with Gasteiger partial charge in [0.25, 0.3) is 5.91 Å². The molecule has 2 aromatic carbocycles. The van der Waals surface area contributed by atoms with Crippen molar-refractivity contribution < 1.29 is 14.3 Å². The third-order valence-electron chi connectivity index (χ3n) is 5.40. The number of carbonyl (C=O) groups excluding carboxylic acids is 2. The number of ether oxygens (including phenoxy) is 1. The highest BCUT2D eigenvalue weighted by atomic mass is 35.5. The number of hydrogen-bond donors (Lipinski definition) is 2. The first-order chi connectivity index (χ1) is 14.5. The molecule has 1 aliphatic heterocycles. The van der Waals surface area contributed by atoms with Gasteiger partial charge >= 0.3 is 0 Å². The minimum Gasteiger partial charge on any atom is -0.496 e. The van der Waals surface area contributed by atoms with E-state index >= 15 is 0 Å². The molecule has 0 radical (unpaired) electrons. The van der Waals surface area contributed by atoms with Gasteiger partial charge in [0.2, 0.25) is 5.91 Å². The number of nitrogens with zero attached hydrogens (tertiary/aromatic N) is 1. The molecular formula is C23H28ClN3O3. The molecule has 2 N–H and O–H groups in total. The van der Waals surface area contributed by atoms with Crippen molar-refractivity contribution in [1.29, 1.82) is 0 Å². The van der Waals surface area contributed by atoms with E-state index in [0.29, 0.717) is 17.1 Å². The fourth-order valence-corrected chi connectivity index (χ4v) is 3.85. The SMILES string of the molecule is COc1ccccc1C(CNC(=O)C(C)NC(=O)c1ccc(Cl)cc1)N1CCCC1. The maximum atomic E-state index is 12.7. The van der Waals surface area contributed by atoms with Gasteiger partial charge in [0.05, 0.1) is 13.2 Å². The van der Waals surface area contributed by atoms with Crippen molar-refractivity contribution >= 4 is 23.4 Å². The van der Waals surface area contributed by atoms with Crippen LogP contribution >= 0.6 is 11.6 Å². The van der Waals surface area contributed by atoms with E-state index in [0.717, 1.165) is 37.2 Å². The standard InChI is InChI=1S/C23H28ClN3O3/c1-16(26-23(29)17-9-11-18(24)12-10-17)22(28)25-15-20(27-13-5-6-14-27)19-7-3-4-8-21(19)30-2/h3-4,7-12,16,20H,5-6,13-15H2,1-2H3,(H,25,28)(H,26,29). The molecule has 0 spiro atoms. The van der Waals surface area contributed by atoms with E-state index in [-0.39, 0.29) is 17.9 Å². The minimum absolute atomic E-state index is 0.0202. The van der Waals surface area contributed by atoms with E-state index in [1.54, 1.807) is 38.3 Å². The Labute approximate surface area is 182 Å². The van der Waals surface area contributed by atoms with E-state index in [4.69, 9.17) is 16.3 Å². The maximum Gasteiger partial charge on any atom is 0.251 e. The lowest BCUT2D eigenvalue weighted by molar-refractivity contribution is -0.122. The van der Waals surface area contributed by atoms with Crippen molar-refractivity contribution in [3.8, 4) is 5.75 Å². The van der Waals surface area contributed by atoms with Crippen LogP contribution in [0.4, 0.5) is 0 Å². The summed E-state index contributed by atoms with van der Waals surface area (Å²) in [7, 11) is 1.66. The van der Waals surface area contributed by atoms with Crippen LogP contribution in [-0.2, 0) is 4.79 Å². The zero-order chi connectivity index (χ0) is 21.5. The normalized spacial score (nSPS) is 16.0. The fraction of sp³-hybridized carbons (Fsp3) is 0.391. The first-order valence-corrected chi connectivity index (χ1v) is 10.6. The lowest BCUT2D eigenvalue weighted by Crippen LogP contribution is -2.47. The number of para-hydroxylation sites is 1. The molecule has 2 amide bonds. The maximum absolute atomic E-state index is 12.7. The van der Waals surface area contributed by atoms with Gasteiger partial charge in [-0.1, -0.05) is 29.8 Å². The monoisotopic (exact) mass is 429 g/mol. The Morgan fingerprint density at radius 2 is 1.77 bits per heavy atom. The molecule has 2 aromatic rings. The van der Waals surface area contributed by atoms with Gasteiger partial charge in [0.15, 0.2) is 0 Å². The molecule has 0 aliphatic carbocycles. The summed E-state index contributed by atoms with van der Waals surface area (Å²) in [6.07, 6.45) is 2.29. The number of methoxy groups -OCH3 is 1. The predicted octanol–water partition coefficient (Wildman–Crippen LogP) is 3.42. The molecule has 160 valence electrons. The highest BCUT2D eigenvalue weighted by molar-refractivity contribution is 6.30. The number of rotatable bonds is 8. The topological polar surface area (TPSA) is 70.7 Å². The Kier molecular flexibility index (Phi) is 7.71. The predicted molar refractivity (Wildman–Crippen MR) is 118 cm³/mol. The van der Waals surface area contributed by atoms with Crippen molar-refractivity contribution in [3.63, 3.8) is 0 Å². The number of benzene rings is 2. The molecule has 0 bridgehead atoms. The van der Waals surface area contributed by atoms with Crippen LogP contribution in [0.15, 0.2) is 48.5 Å². The summed E-state index contributed by atoms with van der Waals surface area (Å²) in [5.41, 5.74) is 1.52. The van der Waals surface area contributed by atoms with Crippen LogP contribution in [0.3, 0.4) is 0 Å². The Balaban J connectivity index is 1.63. The molecule has 1 fully saturated rings. The van der Waals surface area contributed by atoms with Crippen molar-refractivity contribution in [2.45, 2.75) is 31.8 Å². The van der Waals surface area contributed by atoms with Gasteiger partial charge in [-0.2, -0.15) is 0 Å². The van der Waals surface area contributed by atoms with Crippen LogP contribution in [0.1, 0.15) is 41.7 Å². The van der Waals surface area contributed by atoms with Gasteiger partial charge in [0.1, 0.15) is 11.8 Å². The smallest absolute Gasteiger partial charge is 0.251 e. The molecule has 0 saturated carbocycles. The molecular weight excluding hydrogens is 402 g/mol. The van der Waals surface area contributed by atoms with Crippen LogP contribution in [-0.4, -0.2) is 49.5 Å². The van der Waals surface area contributed by atoms with E-state index in [9.17, 15) is 9.59 Å². The number of hydrogen-bond acceptors (Lipinski definition) is 4. The third-order valence-corrected chi connectivity index (χ3v) is 5.65. The Morgan fingerprint density at radius 1 is 1.10 bits per heavy atom. The number of likely N-dealkylation sites (tertiary alicyclic amines) is 1. The van der Waals surface area contributed by atoms with E-state index in [1.807, 2.05) is 24.3 Å². The molecule has 1 saturated heterocycles. The summed E-state index contributed by atoms with van der Waals surface area (Å²) >= 11 is 5.86. The highest BCUT2D eigenvalue weighted by Crippen LogP contribution is 2.31. The quantitative estimate of drug-likeness (QED) is 0.674. The zero-order valence-electron chi connectivity index (χ0n) is 17.4. The average Bonchev–Trinajstić information content (AvgIpc) is 3.29. The molecule has 7 heteroatoms. The van der Waals surface area contributed by atoms with Crippen LogP contribution in [0, 0.1) is 0 Å². The summed E-state index contributed by atoms with van der Waals surface area (Å²) in [6.45, 7) is 4.10. The first-order valence-electron chi connectivity index (χ1n) is 10.2. The van der Waals surface area contributed by atoms with E-state index < -0.39 is 6.04 Å². The second-order valence-electron chi connectivity index (χ2n) is 7.45. The van der Waals surface area contributed by atoms with Crippen LogP contribution in [0.5, 0.6) is 5.75 Å². The number of carbonyl (C=O) groups is 2. The van der Waals surface area contributed by atoms with Crippen LogP contribution in [0.25, 0.3) is 0 Å². The second-order valence-corrected chi connectivity index (χ2v) is 7.88. The second kappa shape index (κ2) is 10.5. The van der Waals surface area contributed by atoms with Gasteiger partial charge < -0.3 is 15.4 Å². The molecule has 2 unspecified atom stereocenters. The summed E-state index contributed by atoms with van der Waals surface area (Å²) in [6, 6.07) is 13.8. The van der Waals surface area contributed by atoms with Gasteiger partial charge in [-0.15, -0.1) is 0 Å². The summed E-state index contributed by atoms with van der Waals surface area (Å²) < 4.78 is 5.54. The Morgan fingerprint density at radius 3 is 2.43 bits per heavy atom. The average molecular weight is 430 g/mol. The van der Waals surface area contributed by atoms with Crippen LogP contribution in [0.2, 0.25) is 5.02 Å². The fourth-order valence-electron chi connectivity index (χ4n) is 3.73. The molecule has 2 atom stereocenters. The van der Waals surface area contributed by atoms with Crippen molar-refractivity contribution in [2.75, 3.05) is 26.7 Å². The van der Waals surface area contributed by atoms with Gasteiger partial charge in [-0.3, -0.25) is 14.5 Å². The van der Waals surface area contributed by atoms with E-state index in [2.05, 4.69) is 15.5 Å². The molecule has 0 aromatic heterocycles. The number of nitrogens with one attached hydrogen (secondary N) is 2. The molecule has 1 aliphatic rings. The lowest BCUT2D eigenvalue weighted by atomic mass is 10.0. The number of amides is 2. The largest absolute Gasteiger partial charge is 0.496 e. The highest BCUT2D eigenvalue weighted by Gasteiger charge is 2.27. The van der Waals surface area contributed by atoms with Crippen molar-refractivity contribution in [3.05, 3.63) is 64.7 Å². The molecule has 3 rings (SSSR count). The van der Waals surface area contributed by atoms with Gasteiger partial charge in [-0.25, -0.2) is 0 Å². The molecule has 6 nitrogen and oxygen atoms in total. The Hall–Kier alpha value is -2.57. The first kappa shape index (κ1) is 22.1. The van der Waals surface area contributed by atoms with Gasteiger partial charge in [-0.05, 0) is 63.2 Å². The summed E-state index contributed by atoms with van der Waals surface area (Å²) in [5.74, 6) is 0.277. The van der Waals surface area contributed by atoms with Crippen LogP contribution < -0.4 is 15.4 Å².